The highest BCUT2D eigenvalue weighted by molar-refractivity contribution is 7.26. The number of para-hydroxylation sites is 3. The summed E-state index contributed by atoms with van der Waals surface area (Å²) in [5.41, 5.74) is 8.47. The highest BCUT2D eigenvalue weighted by atomic mass is 32.1. The van der Waals surface area contributed by atoms with Gasteiger partial charge in [-0.15, -0.1) is 22.7 Å². The summed E-state index contributed by atoms with van der Waals surface area (Å²) in [7, 11) is 0. The number of hydrogen-bond acceptors (Lipinski definition) is 6. The topological polar surface area (TPSA) is 56.5 Å². The lowest BCUT2D eigenvalue weighted by molar-refractivity contribution is 1.08. The zero-order valence-electron chi connectivity index (χ0n) is 28.1. The van der Waals surface area contributed by atoms with E-state index in [4.69, 9.17) is 19.9 Å². The Morgan fingerprint density at radius 2 is 1.09 bits per heavy atom. The van der Waals surface area contributed by atoms with Gasteiger partial charge in [-0.25, -0.2) is 19.9 Å². The number of nitrogens with zero attached hydrogens (tertiary/aromatic N) is 5. The molecule has 7 heteroatoms. The van der Waals surface area contributed by atoms with Crippen molar-refractivity contribution in [3.63, 3.8) is 0 Å². The molecule has 4 aromatic heterocycles. The van der Waals surface area contributed by atoms with E-state index < -0.39 is 0 Å². The number of fused-ring (bicyclic) bond motifs is 7. The van der Waals surface area contributed by atoms with E-state index in [0.717, 1.165) is 60.3 Å². The van der Waals surface area contributed by atoms with Crippen LogP contribution >= 0.6 is 22.7 Å². The monoisotopic (exact) mass is 713 g/mol. The normalized spacial score (nSPS) is 11.8. The zero-order valence-corrected chi connectivity index (χ0v) is 29.8. The molecule has 0 fully saturated rings. The molecule has 0 aliphatic carbocycles. The van der Waals surface area contributed by atoms with Gasteiger partial charge in [0.15, 0.2) is 17.5 Å². The molecule has 248 valence electrons. The molecular formula is C46H27N5S2. The summed E-state index contributed by atoms with van der Waals surface area (Å²) in [6.45, 7) is 0. The first-order chi connectivity index (χ1) is 26.2. The van der Waals surface area contributed by atoms with Crippen LogP contribution in [0.5, 0.6) is 0 Å². The van der Waals surface area contributed by atoms with Crippen LogP contribution in [0.1, 0.15) is 0 Å². The molecule has 0 radical (unpaired) electrons. The number of aromatic nitrogens is 5. The molecule has 0 saturated carbocycles. The van der Waals surface area contributed by atoms with E-state index in [1.165, 1.54) is 24.9 Å². The van der Waals surface area contributed by atoms with Gasteiger partial charge in [0, 0.05) is 58.9 Å². The highest BCUT2D eigenvalue weighted by Crippen LogP contribution is 2.42. The molecule has 0 amide bonds. The number of thiophene rings is 1. The summed E-state index contributed by atoms with van der Waals surface area (Å²) in [6.07, 6.45) is 0. The van der Waals surface area contributed by atoms with Gasteiger partial charge >= 0.3 is 0 Å². The smallest absolute Gasteiger partial charge is 0.164 e. The van der Waals surface area contributed by atoms with Crippen molar-refractivity contribution in [2.75, 3.05) is 0 Å². The SMILES string of the molecule is c1ccc(-c2nc(-c3ccc4c(c3)c3ccccc3n4-c3ccccc3)nc(-c3cccc4sc5cc(-c6nc7ccccc7s6)ccc5c34)n2)cc1. The molecule has 0 saturated heterocycles. The lowest BCUT2D eigenvalue weighted by Gasteiger charge is -2.10. The van der Waals surface area contributed by atoms with Gasteiger partial charge in [-0.1, -0.05) is 103 Å². The Kier molecular flexibility index (Phi) is 6.83. The van der Waals surface area contributed by atoms with Gasteiger partial charge in [-0.3, -0.25) is 0 Å². The van der Waals surface area contributed by atoms with E-state index in [-0.39, 0.29) is 0 Å². The Balaban J connectivity index is 1.10. The molecule has 4 heterocycles. The van der Waals surface area contributed by atoms with Crippen molar-refractivity contribution in [1.29, 1.82) is 0 Å². The van der Waals surface area contributed by atoms with E-state index >= 15 is 0 Å². The van der Waals surface area contributed by atoms with Crippen LogP contribution in [0.15, 0.2) is 164 Å². The van der Waals surface area contributed by atoms with Crippen molar-refractivity contribution >= 4 is 74.9 Å². The summed E-state index contributed by atoms with van der Waals surface area (Å²) in [4.78, 5) is 20.4. The van der Waals surface area contributed by atoms with Gasteiger partial charge in [-0.05, 0) is 60.7 Å². The van der Waals surface area contributed by atoms with Crippen molar-refractivity contribution < 1.29 is 0 Å². The molecule has 53 heavy (non-hydrogen) atoms. The van der Waals surface area contributed by atoms with Crippen LogP contribution in [-0.4, -0.2) is 24.5 Å². The molecule has 0 N–H and O–H groups in total. The first kappa shape index (κ1) is 30.1. The summed E-state index contributed by atoms with van der Waals surface area (Å²) < 4.78 is 5.93. The zero-order chi connectivity index (χ0) is 34.9. The van der Waals surface area contributed by atoms with Gasteiger partial charge in [0.05, 0.1) is 21.3 Å². The largest absolute Gasteiger partial charge is 0.309 e. The molecule has 0 bridgehead atoms. The van der Waals surface area contributed by atoms with E-state index in [9.17, 15) is 0 Å². The number of rotatable bonds is 5. The predicted octanol–water partition coefficient (Wildman–Crippen LogP) is 12.6. The van der Waals surface area contributed by atoms with Gasteiger partial charge in [0.2, 0.25) is 0 Å². The van der Waals surface area contributed by atoms with Crippen LogP contribution < -0.4 is 0 Å². The van der Waals surface area contributed by atoms with Crippen molar-refractivity contribution in [2.45, 2.75) is 0 Å². The minimum atomic E-state index is 0.641. The van der Waals surface area contributed by atoms with Crippen molar-refractivity contribution in [2.24, 2.45) is 0 Å². The first-order valence-electron chi connectivity index (χ1n) is 17.5. The summed E-state index contributed by atoms with van der Waals surface area (Å²) in [6, 6.07) is 57.3. The Morgan fingerprint density at radius 1 is 0.396 bits per heavy atom. The van der Waals surface area contributed by atoms with Crippen molar-refractivity contribution in [1.82, 2.24) is 24.5 Å². The summed E-state index contributed by atoms with van der Waals surface area (Å²) in [5.74, 6) is 1.94. The molecule has 0 aliphatic heterocycles. The highest BCUT2D eigenvalue weighted by Gasteiger charge is 2.19. The molecule has 5 nitrogen and oxygen atoms in total. The third kappa shape index (κ3) is 4.97. The van der Waals surface area contributed by atoms with Crippen LogP contribution in [0.3, 0.4) is 0 Å². The number of benzene rings is 7. The standard InChI is InChI=1S/C46H27N5S2/c1-3-12-28(13-4-1)43-48-44(29-23-25-38-35(26-29)32-16-7-9-19-37(32)51(38)31-14-5-2-6-15-31)50-45(49-43)34-17-11-21-40-42(34)33-24-22-30(27-41(33)52-40)46-47-36-18-8-10-20-39(36)53-46/h1-27H. The second-order valence-corrected chi connectivity index (χ2v) is 15.2. The molecule has 0 aliphatic rings. The molecule has 7 aromatic carbocycles. The Bertz CT molecular complexity index is 3150. The Labute approximate surface area is 312 Å². The molecule has 0 unspecified atom stereocenters. The maximum Gasteiger partial charge on any atom is 0.164 e. The summed E-state index contributed by atoms with van der Waals surface area (Å²) >= 11 is 3.52. The average Bonchev–Trinajstić information content (AvgIpc) is 3.93. The number of thiazole rings is 1. The second-order valence-electron chi connectivity index (χ2n) is 13.1. The third-order valence-corrected chi connectivity index (χ3v) is 12.1. The molecule has 0 spiro atoms. The lowest BCUT2D eigenvalue weighted by atomic mass is 10.0. The van der Waals surface area contributed by atoms with Gasteiger partial charge in [0.25, 0.3) is 0 Å². The van der Waals surface area contributed by atoms with E-state index in [2.05, 4.69) is 144 Å². The Morgan fingerprint density at radius 3 is 1.96 bits per heavy atom. The van der Waals surface area contributed by atoms with Crippen LogP contribution in [0.2, 0.25) is 0 Å². The predicted molar refractivity (Wildman–Crippen MR) is 222 cm³/mol. The summed E-state index contributed by atoms with van der Waals surface area (Å²) in [5, 5.41) is 5.71. The fraction of sp³-hybridized carbons (Fsp3) is 0. The fourth-order valence-corrected chi connectivity index (χ4v) is 9.58. The lowest BCUT2D eigenvalue weighted by Crippen LogP contribution is -2.00. The minimum absolute atomic E-state index is 0.641. The van der Waals surface area contributed by atoms with E-state index in [1.54, 1.807) is 22.7 Å². The second kappa shape index (κ2) is 12.0. The van der Waals surface area contributed by atoms with Crippen molar-refractivity contribution in [3.05, 3.63) is 164 Å². The van der Waals surface area contributed by atoms with Crippen LogP contribution in [0, 0.1) is 0 Å². The molecular weight excluding hydrogens is 687 g/mol. The quantitative estimate of drug-likeness (QED) is 0.178. The first-order valence-corrected chi connectivity index (χ1v) is 19.1. The van der Waals surface area contributed by atoms with Gasteiger partial charge in [-0.2, -0.15) is 0 Å². The maximum absolute atomic E-state index is 5.24. The molecule has 0 atom stereocenters. The number of hydrogen-bond donors (Lipinski definition) is 0. The molecule has 11 aromatic rings. The third-order valence-electron chi connectivity index (χ3n) is 9.89. The van der Waals surface area contributed by atoms with Gasteiger partial charge in [0.1, 0.15) is 5.01 Å². The maximum atomic E-state index is 5.24. The van der Waals surface area contributed by atoms with Crippen LogP contribution in [0.25, 0.3) is 103 Å². The molecule has 11 rings (SSSR count). The van der Waals surface area contributed by atoms with E-state index in [0.29, 0.717) is 17.5 Å². The van der Waals surface area contributed by atoms with Crippen LogP contribution in [0.4, 0.5) is 0 Å². The fourth-order valence-electron chi connectivity index (χ4n) is 7.45. The minimum Gasteiger partial charge on any atom is -0.309 e. The van der Waals surface area contributed by atoms with Gasteiger partial charge < -0.3 is 4.57 Å². The van der Waals surface area contributed by atoms with Crippen LogP contribution in [-0.2, 0) is 0 Å². The Hall–Kier alpha value is -6.54. The average molecular weight is 714 g/mol. The van der Waals surface area contributed by atoms with E-state index in [1.807, 2.05) is 24.3 Å². The van der Waals surface area contributed by atoms with Crippen molar-refractivity contribution in [3.8, 4) is 50.4 Å².